The molecule has 1 aliphatic rings. The van der Waals surface area contributed by atoms with Gasteiger partial charge in [0.1, 0.15) is 11.3 Å². The van der Waals surface area contributed by atoms with E-state index in [9.17, 15) is 18.0 Å². The number of rotatable bonds is 3. The minimum atomic E-state index is -4.37. The van der Waals surface area contributed by atoms with Crippen LogP contribution in [0.1, 0.15) is 16.7 Å². The fourth-order valence-electron chi connectivity index (χ4n) is 2.79. The molecule has 0 radical (unpaired) electrons. The number of aliphatic imine (C=N–C) groups is 1. The maximum atomic E-state index is 12.6. The van der Waals surface area contributed by atoms with Crippen molar-refractivity contribution in [2.75, 3.05) is 0 Å². The zero-order valence-corrected chi connectivity index (χ0v) is 16.8. The smallest absolute Gasteiger partial charge is 0.352 e. The number of halogens is 5. The van der Waals surface area contributed by atoms with Crippen molar-refractivity contribution in [2.24, 2.45) is 4.99 Å². The number of hydrogen-bond donors (Lipinski definition) is 3. The van der Waals surface area contributed by atoms with Gasteiger partial charge in [0, 0.05) is 29.9 Å². The SMILES string of the molecule is Cl.Cl.O=C1NC(NCc2ccc(C(F)(F)F)cc2)=N/C1=C\c1c[nH]c2ncccc12. The summed E-state index contributed by atoms with van der Waals surface area (Å²) in [6.45, 7) is 0.224. The molecule has 3 heterocycles. The quantitative estimate of drug-likeness (QED) is 0.519. The number of aromatic amines is 1. The molecule has 1 aromatic carbocycles. The van der Waals surface area contributed by atoms with Gasteiger partial charge in [-0.05, 0) is 35.9 Å². The first-order chi connectivity index (χ1) is 13.4. The number of aromatic nitrogens is 2. The Morgan fingerprint density at radius 2 is 1.83 bits per heavy atom. The Labute approximate surface area is 181 Å². The van der Waals surface area contributed by atoms with Crippen molar-refractivity contribution in [2.45, 2.75) is 12.7 Å². The third-order valence-electron chi connectivity index (χ3n) is 4.21. The number of carbonyl (C=O) groups is 1. The molecule has 0 spiro atoms. The first-order valence-corrected chi connectivity index (χ1v) is 8.34. The molecule has 158 valence electrons. The van der Waals surface area contributed by atoms with Gasteiger partial charge >= 0.3 is 6.18 Å². The molecule has 1 aliphatic heterocycles. The fraction of sp³-hybridized carbons (Fsp3) is 0.105. The fourth-order valence-corrected chi connectivity index (χ4v) is 2.79. The van der Waals surface area contributed by atoms with Gasteiger partial charge in [0.25, 0.3) is 5.91 Å². The van der Waals surface area contributed by atoms with Crippen LogP contribution in [0.4, 0.5) is 13.2 Å². The van der Waals surface area contributed by atoms with Gasteiger partial charge in [-0.25, -0.2) is 9.98 Å². The number of H-pyrrole nitrogens is 1. The number of alkyl halides is 3. The zero-order valence-electron chi connectivity index (χ0n) is 15.2. The van der Waals surface area contributed by atoms with E-state index in [0.717, 1.165) is 23.1 Å². The van der Waals surface area contributed by atoms with E-state index in [1.54, 1.807) is 24.5 Å². The third-order valence-corrected chi connectivity index (χ3v) is 4.21. The van der Waals surface area contributed by atoms with Crippen molar-refractivity contribution in [1.82, 2.24) is 20.6 Å². The maximum Gasteiger partial charge on any atom is 0.416 e. The minimum absolute atomic E-state index is 0. The molecule has 1 amide bonds. The molecule has 0 aliphatic carbocycles. The molecule has 0 bridgehead atoms. The first kappa shape index (κ1) is 23.2. The van der Waals surface area contributed by atoms with Crippen molar-refractivity contribution < 1.29 is 18.0 Å². The number of amides is 1. The second-order valence-electron chi connectivity index (χ2n) is 6.14. The molecule has 0 unspecified atom stereocenters. The van der Waals surface area contributed by atoms with Gasteiger partial charge < -0.3 is 10.3 Å². The molecule has 0 fully saturated rings. The Morgan fingerprint density at radius 1 is 1.10 bits per heavy atom. The van der Waals surface area contributed by atoms with Gasteiger partial charge in [-0.3, -0.25) is 10.1 Å². The molecule has 4 rings (SSSR count). The first-order valence-electron chi connectivity index (χ1n) is 8.34. The lowest BCUT2D eigenvalue weighted by Gasteiger charge is -2.08. The number of fused-ring (bicyclic) bond motifs is 1. The van der Waals surface area contributed by atoms with Gasteiger partial charge in [0.15, 0.2) is 0 Å². The maximum absolute atomic E-state index is 12.6. The van der Waals surface area contributed by atoms with Gasteiger partial charge in [-0.2, -0.15) is 13.2 Å². The highest BCUT2D eigenvalue weighted by Crippen LogP contribution is 2.29. The zero-order chi connectivity index (χ0) is 19.7. The topological polar surface area (TPSA) is 82.2 Å². The Balaban J connectivity index is 0.00000160. The molecule has 0 saturated heterocycles. The van der Waals surface area contributed by atoms with Gasteiger partial charge in [0.05, 0.1) is 5.56 Å². The number of nitrogens with one attached hydrogen (secondary N) is 3. The molecule has 3 aromatic rings. The van der Waals surface area contributed by atoms with E-state index >= 15 is 0 Å². The Morgan fingerprint density at radius 3 is 2.53 bits per heavy atom. The van der Waals surface area contributed by atoms with Crippen LogP contribution in [-0.2, 0) is 17.5 Å². The van der Waals surface area contributed by atoms with Crippen molar-refractivity contribution in [1.29, 1.82) is 0 Å². The highest BCUT2D eigenvalue weighted by Gasteiger charge is 2.30. The Hall–Kier alpha value is -3.04. The Bertz CT molecular complexity index is 1110. The second-order valence-corrected chi connectivity index (χ2v) is 6.14. The number of nitrogens with zero attached hydrogens (tertiary/aromatic N) is 2. The minimum Gasteiger partial charge on any atom is -0.352 e. The van der Waals surface area contributed by atoms with Crippen LogP contribution in [-0.4, -0.2) is 21.8 Å². The number of pyridine rings is 1. The van der Waals surface area contributed by atoms with Crippen LogP contribution in [0.15, 0.2) is 59.5 Å². The predicted molar refractivity (Wildman–Crippen MR) is 112 cm³/mol. The van der Waals surface area contributed by atoms with Crippen LogP contribution < -0.4 is 10.6 Å². The summed E-state index contributed by atoms with van der Waals surface area (Å²) in [7, 11) is 0. The monoisotopic (exact) mass is 457 g/mol. The Kier molecular flexibility index (Phi) is 7.12. The largest absolute Gasteiger partial charge is 0.416 e. The van der Waals surface area contributed by atoms with E-state index in [0.29, 0.717) is 11.2 Å². The highest BCUT2D eigenvalue weighted by molar-refractivity contribution is 6.14. The van der Waals surface area contributed by atoms with E-state index in [1.165, 1.54) is 12.1 Å². The van der Waals surface area contributed by atoms with E-state index in [-0.39, 0.29) is 48.9 Å². The summed E-state index contributed by atoms with van der Waals surface area (Å²) in [5.41, 5.74) is 1.63. The van der Waals surface area contributed by atoms with E-state index in [2.05, 4.69) is 25.6 Å². The normalized spacial score (nSPS) is 14.7. The molecule has 0 atom stereocenters. The van der Waals surface area contributed by atoms with Crippen LogP contribution in [0, 0.1) is 0 Å². The predicted octanol–water partition coefficient (Wildman–Crippen LogP) is 4.04. The molecule has 11 heteroatoms. The average molecular weight is 458 g/mol. The number of benzene rings is 1. The van der Waals surface area contributed by atoms with Crippen LogP contribution in [0.5, 0.6) is 0 Å². The van der Waals surface area contributed by atoms with Gasteiger partial charge in [0.2, 0.25) is 5.96 Å². The van der Waals surface area contributed by atoms with E-state index in [4.69, 9.17) is 0 Å². The average Bonchev–Trinajstić information content (AvgIpc) is 3.24. The molecule has 6 nitrogen and oxygen atoms in total. The number of carbonyl (C=O) groups excluding carboxylic acids is 1. The van der Waals surface area contributed by atoms with Crippen molar-refractivity contribution in [3.63, 3.8) is 0 Å². The molecule has 3 N–H and O–H groups in total. The summed E-state index contributed by atoms with van der Waals surface area (Å²) >= 11 is 0. The molecule has 0 saturated carbocycles. The summed E-state index contributed by atoms with van der Waals surface area (Å²) < 4.78 is 37.8. The lowest BCUT2D eigenvalue weighted by molar-refractivity contribution is -0.137. The summed E-state index contributed by atoms with van der Waals surface area (Å²) in [5.74, 6) is -0.123. The van der Waals surface area contributed by atoms with Gasteiger partial charge in [-0.1, -0.05) is 12.1 Å². The lowest BCUT2D eigenvalue weighted by Crippen LogP contribution is -2.35. The van der Waals surface area contributed by atoms with Crippen molar-refractivity contribution in [3.8, 4) is 0 Å². The summed E-state index contributed by atoms with van der Waals surface area (Å²) in [4.78, 5) is 23.6. The molecular formula is C19H16Cl2F3N5O. The molecule has 30 heavy (non-hydrogen) atoms. The molecular weight excluding hydrogens is 442 g/mol. The van der Waals surface area contributed by atoms with Crippen molar-refractivity contribution >= 4 is 53.8 Å². The van der Waals surface area contributed by atoms with Crippen LogP contribution in [0.25, 0.3) is 17.1 Å². The van der Waals surface area contributed by atoms with E-state index < -0.39 is 11.7 Å². The standard InChI is InChI=1S/C19H14F3N5O.2ClH/c20-19(21,22)13-5-3-11(4-6-13)9-25-18-26-15(17(28)27-18)8-12-10-24-16-14(12)2-1-7-23-16;;/h1-8,10H,9H2,(H,23,24)(H2,25,26,27,28);2*1H/b15-8-;;. The highest BCUT2D eigenvalue weighted by atomic mass is 35.5. The van der Waals surface area contributed by atoms with Crippen molar-refractivity contribution in [3.05, 3.63) is 71.2 Å². The van der Waals surface area contributed by atoms with Crippen LogP contribution in [0.2, 0.25) is 0 Å². The summed E-state index contributed by atoms with van der Waals surface area (Å²) in [5, 5.41) is 6.37. The third kappa shape index (κ3) is 4.92. The molecule has 2 aromatic heterocycles. The summed E-state index contributed by atoms with van der Waals surface area (Å²) in [6, 6.07) is 8.47. The number of guanidine groups is 1. The second kappa shape index (κ2) is 9.19. The van der Waals surface area contributed by atoms with Crippen LogP contribution >= 0.6 is 24.8 Å². The summed E-state index contributed by atoms with van der Waals surface area (Å²) in [6.07, 6.45) is 0.677. The lowest BCUT2D eigenvalue weighted by atomic mass is 10.1. The van der Waals surface area contributed by atoms with Crippen LogP contribution in [0.3, 0.4) is 0 Å². The van der Waals surface area contributed by atoms with Gasteiger partial charge in [-0.15, -0.1) is 24.8 Å². The van der Waals surface area contributed by atoms with E-state index in [1.807, 2.05) is 6.07 Å². The number of hydrogen-bond acceptors (Lipinski definition) is 4.